The molecule has 2 heterocycles. The number of benzene rings is 1. The highest BCUT2D eigenvalue weighted by Crippen LogP contribution is 2.16. The van der Waals surface area contributed by atoms with Crippen molar-refractivity contribution in [2.45, 2.75) is 13.0 Å². The number of nitrogens with one attached hydrogen (secondary N) is 1. The summed E-state index contributed by atoms with van der Waals surface area (Å²) in [6, 6.07) is 9.92. The van der Waals surface area contributed by atoms with Gasteiger partial charge in [-0.1, -0.05) is 6.07 Å². The van der Waals surface area contributed by atoms with Crippen LogP contribution >= 0.6 is 0 Å². The van der Waals surface area contributed by atoms with Crippen LogP contribution in [0.1, 0.15) is 17.3 Å². The molecule has 1 amide bonds. The quantitative estimate of drug-likeness (QED) is 0.907. The smallest absolute Gasteiger partial charge is 0.254 e. The number of hydrogen-bond donors (Lipinski definition) is 1. The molecule has 0 bridgehead atoms. The zero-order chi connectivity index (χ0) is 13.2. The monoisotopic (exact) mass is 255 g/mol. The van der Waals surface area contributed by atoms with Crippen molar-refractivity contribution in [1.82, 2.24) is 15.2 Å². The lowest BCUT2D eigenvalue weighted by Gasteiger charge is -2.37. The Hall–Kier alpha value is -1.94. The molecule has 0 unspecified atom stereocenters. The van der Waals surface area contributed by atoms with Gasteiger partial charge >= 0.3 is 0 Å². The normalized spacial score (nSPS) is 15.2. The van der Waals surface area contributed by atoms with E-state index in [4.69, 9.17) is 0 Å². The second-order valence-corrected chi connectivity index (χ2v) is 4.81. The van der Waals surface area contributed by atoms with Crippen molar-refractivity contribution >= 4 is 16.8 Å². The topological polar surface area (TPSA) is 45.2 Å². The number of carbonyl (C=O) groups excluding carboxylic acids is 1. The molecule has 4 nitrogen and oxygen atoms in total. The maximum Gasteiger partial charge on any atom is 0.254 e. The van der Waals surface area contributed by atoms with E-state index >= 15 is 0 Å². The van der Waals surface area contributed by atoms with Gasteiger partial charge in [0, 0.05) is 36.8 Å². The van der Waals surface area contributed by atoms with E-state index in [1.807, 2.05) is 42.2 Å². The molecule has 0 spiro atoms. The summed E-state index contributed by atoms with van der Waals surface area (Å²) < 4.78 is 0. The Balaban J connectivity index is 1.91. The van der Waals surface area contributed by atoms with Gasteiger partial charge in [-0.15, -0.1) is 0 Å². The second kappa shape index (κ2) is 4.97. The Bertz CT molecular complexity index is 607. The predicted molar refractivity (Wildman–Crippen MR) is 75.1 cm³/mol. The van der Waals surface area contributed by atoms with Gasteiger partial charge in [-0.25, -0.2) is 0 Å². The van der Waals surface area contributed by atoms with Crippen LogP contribution in [0.5, 0.6) is 0 Å². The summed E-state index contributed by atoms with van der Waals surface area (Å²) >= 11 is 0. The number of pyridine rings is 1. The van der Waals surface area contributed by atoms with Gasteiger partial charge in [0.1, 0.15) is 0 Å². The zero-order valence-corrected chi connectivity index (χ0v) is 11.0. The highest BCUT2D eigenvalue weighted by atomic mass is 16.2. The number of nitrogens with zero attached hydrogens (tertiary/aromatic N) is 2. The van der Waals surface area contributed by atoms with Gasteiger partial charge in [0.25, 0.3) is 5.91 Å². The molecule has 19 heavy (non-hydrogen) atoms. The van der Waals surface area contributed by atoms with Gasteiger partial charge in [0.15, 0.2) is 0 Å². The van der Waals surface area contributed by atoms with Crippen LogP contribution in [0, 0.1) is 0 Å². The average Bonchev–Trinajstić information content (AvgIpc) is 2.41. The fraction of sp³-hybridized carbons (Fsp3) is 0.333. The van der Waals surface area contributed by atoms with Gasteiger partial charge in [0.05, 0.1) is 11.6 Å². The molecule has 1 N–H and O–H groups in total. The SMILES string of the molecule is CCN(C(=O)c1ccc2ncccc2c1)C1CNC1. The number of aromatic nitrogens is 1. The zero-order valence-electron chi connectivity index (χ0n) is 11.0. The molecule has 1 fully saturated rings. The minimum atomic E-state index is 0.111. The summed E-state index contributed by atoms with van der Waals surface area (Å²) in [6.07, 6.45) is 1.77. The molecular formula is C15H17N3O. The molecule has 0 aliphatic carbocycles. The molecule has 3 rings (SSSR count). The van der Waals surface area contributed by atoms with Crippen molar-refractivity contribution in [2.24, 2.45) is 0 Å². The predicted octanol–water partition coefficient (Wildman–Crippen LogP) is 1.67. The van der Waals surface area contributed by atoms with E-state index in [0.29, 0.717) is 6.04 Å². The van der Waals surface area contributed by atoms with E-state index in [2.05, 4.69) is 10.3 Å². The first-order chi connectivity index (χ1) is 9.29. The third kappa shape index (κ3) is 2.19. The first-order valence-electron chi connectivity index (χ1n) is 6.66. The van der Waals surface area contributed by atoms with Gasteiger partial charge in [-0.2, -0.15) is 0 Å². The van der Waals surface area contributed by atoms with Gasteiger partial charge in [-0.05, 0) is 31.2 Å². The molecule has 0 saturated carbocycles. The fourth-order valence-electron chi connectivity index (χ4n) is 2.44. The molecule has 2 aromatic rings. The summed E-state index contributed by atoms with van der Waals surface area (Å²) in [5, 5.41) is 4.22. The van der Waals surface area contributed by atoms with Crippen LogP contribution in [0.25, 0.3) is 10.9 Å². The van der Waals surface area contributed by atoms with Crippen LogP contribution < -0.4 is 5.32 Å². The number of likely N-dealkylation sites (N-methyl/N-ethyl adjacent to an activating group) is 1. The van der Waals surface area contributed by atoms with Crippen LogP contribution in [-0.4, -0.2) is 41.5 Å². The molecule has 1 aliphatic rings. The number of rotatable bonds is 3. The van der Waals surface area contributed by atoms with E-state index in [1.54, 1.807) is 6.20 Å². The molecule has 1 aliphatic heterocycles. The Morgan fingerprint density at radius 2 is 2.26 bits per heavy atom. The minimum absolute atomic E-state index is 0.111. The Labute approximate surface area is 112 Å². The third-order valence-electron chi connectivity index (χ3n) is 3.65. The first kappa shape index (κ1) is 12.1. The van der Waals surface area contributed by atoms with Crippen LogP contribution in [0.3, 0.4) is 0 Å². The Morgan fingerprint density at radius 1 is 1.42 bits per heavy atom. The van der Waals surface area contributed by atoms with Gasteiger partial charge in [0.2, 0.25) is 0 Å². The van der Waals surface area contributed by atoms with Crippen LogP contribution in [0.15, 0.2) is 36.5 Å². The molecule has 98 valence electrons. The van der Waals surface area contributed by atoms with Crippen molar-refractivity contribution in [3.8, 4) is 0 Å². The lowest BCUT2D eigenvalue weighted by atomic mass is 10.1. The van der Waals surface area contributed by atoms with E-state index in [9.17, 15) is 4.79 Å². The highest BCUT2D eigenvalue weighted by Gasteiger charge is 2.27. The van der Waals surface area contributed by atoms with Crippen LogP contribution in [-0.2, 0) is 0 Å². The first-order valence-corrected chi connectivity index (χ1v) is 6.66. The standard InChI is InChI=1S/C15H17N3O/c1-2-18(13-9-16-10-13)15(19)12-5-6-14-11(8-12)4-3-7-17-14/h3-8,13,16H,2,9-10H2,1H3. The van der Waals surface area contributed by atoms with E-state index in [1.165, 1.54) is 0 Å². The van der Waals surface area contributed by atoms with Crippen molar-refractivity contribution in [1.29, 1.82) is 0 Å². The number of amides is 1. The van der Waals surface area contributed by atoms with Gasteiger partial charge < -0.3 is 10.2 Å². The summed E-state index contributed by atoms with van der Waals surface area (Å²) in [5.41, 5.74) is 1.67. The van der Waals surface area contributed by atoms with Gasteiger partial charge in [-0.3, -0.25) is 9.78 Å². The largest absolute Gasteiger partial charge is 0.333 e. The maximum absolute atomic E-state index is 12.5. The Kier molecular flexibility index (Phi) is 3.17. The Morgan fingerprint density at radius 3 is 2.95 bits per heavy atom. The summed E-state index contributed by atoms with van der Waals surface area (Å²) in [4.78, 5) is 18.7. The lowest BCUT2D eigenvalue weighted by Crippen LogP contribution is -2.58. The molecule has 1 aromatic carbocycles. The van der Waals surface area contributed by atoms with Crippen molar-refractivity contribution in [3.63, 3.8) is 0 Å². The molecule has 1 saturated heterocycles. The number of fused-ring (bicyclic) bond motifs is 1. The number of hydrogen-bond acceptors (Lipinski definition) is 3. The van der Waals surface area contributed by atoms with Crippen molar-refractivity contribution in [2.75, 3.05) is 19.6 Å². The third-order valence-corrected chi connectivity index (χ3v) is 3.65. The highest BCUT2D eigenvalue weighted by molar-refractivity contribution is 5.98. The molecule has 1 aromatic heterocycles. The minimum Gasteiger partial charge on any atom is -0.333 e. The van der Waals surface area contributed by atoms with Crippen molar-refractivity contribution in [3.05, 3.63) is 42.1 Å². The van der Waals surface area contributed by atoms with Crippen LogP contribution in [0.4, 0.5) is 0 Å². The van der Waals surface area contributed by atoms with Crippen molar-refractivity contribution < 1.29 is 4.79 Å². The van der Waals surface area contributed by atoms with E-state index in [0.717, 1.165) is 36.1 Å². The molecule has 0 radical (unpaired) electrons. The van der Waals surface area contributed by atoms with E-state index < -0.39 is 0 Å². The molecule has 4 heteroatoms. The molecular weight excluding hydrogens is 238 g/mol. The summed E-state index contributed by atoms with van der Waals surface area (Å²) in [6.45, 7) is 4.57. The second-order valence-electron chi connectivity index (χ2n) is 4.81. The maximum atomic E-state index is 12.5. The number of carbonyl (C=O) groups is 1. The van der Waals surface area contributed by atoms with E-state index in [-0.39, 0.29) is 5.91 Å². The van der Waals surface area contributed by atoms with Crippen LogP contribution in [0.2, 0.25) is 0 Å². The lowest BCUT2D eigenvalue weighted by molar-refractivity contribution is 0.0630. The fourth-order valence-corrected chi connectivity index (χ4v) is 2.44. The summed E-state index contributed by atoms with van der Waals surface area (Å²) in [5.74, 6) is 0.111. The summed E-state index contributed by atoms with van der Waals surface area (Å²) in [7, 11) is 0. The average molecular weight is 255 g/mol. The molecule has 0 atom stereocenters.